The Kier molecular flexibility index (Phi) is 5.97. The average Bonchev–Trinajstić information content (AvgIpc) is 3.27. The molecule has 31 heavy (non-hydrogen) atoms. The maximum Gasteiger partial charge on any atom is 0.247 e. The third-order valence-electron chi connectivity index (χ3n) is 5.38. The maximum atomic E-state index is 12.7. The summed E-state index contributed by atoms with van der Waals surface area (Å²) < 4.78 is 10.8. The molecule has 0 atom stereocenters. The number of ether oxygens (including phenoxy) is 1. The van der Waals surface area contributed by atoms with Gasteiger partial charge in [-0.25, -0.2) is 0 Å². The van der Waals surface area contributed by atoms with Gasteiger partial charge in [-0.1, -0.05) is 0 Å². The maximum absolute atomic E-state index is 12.7. The number of carbonyl (C=O) groups excluding carboxylic acids is 2. The van der Waals surface area contributed by atoms with Gasteiger partial charge in [0.05, 0.1) is 7.11 Å². The summed E-state index contributed by atoms with van der Waals surface area (Å²) in [5.41, 5.74) is 2.53. The average molecular weight is 420 g/mol. The number of ketones is 1. The SMILES string of the molecule is COc1ccc(-c2nnc(CC(=O)N3CCN(c4ccc(C(C)=O)cc4)CC3)o2)cc1. The van der Waals surface area contributed by atoms with Gasteiger partial charge in [-0.15, -0.1) is 10.2 Å². The number of aromatic nitrogens is 2. The Morgan fingerprint density at radius 1 is 0.968 bits per heavy atom. The third kappa shape index (κ3) is 4.74. The van der Waals surface area contributed by atoms with Crippen molar-refractivity contribution < 1.29 is 18.7 Å². The van der Waals surface area contributed by atoms with Crippen LogP contribution in [-0.2, 0) is 11.2 Å². The van der Waals surface area contributed by atoms with E-state index >= 15 is 0 Å². The number of amides is 1. The largest absolute Gasteiger partial charge is 0.497 e. The van der Waals surface area contributed by atoms with E-state index in [1.54, 1.807) is 14.0 Å². The molecule has 2 heterocycles. The molecule has 1 aliphatic heterocycles. The van der Waals surface area contributed by atoms with Gasteiger partial charge in [0.1, 0.15) is 12.2 Å². The fourth-order valence-corrected chi connectivity index (χ4v) is 3.54. The summed E-state index contributed by atoms with van der Waals surface area (Å²) in [5, 5.41) is 8.07. The number of hydrogen-bond acceptors (Lipinski definition) is 7. The molecule has 0 N–H and O–H groups in total. The Hall–Kier alpha value is -3.68. The van der Waals surface area contributed by atoms with Crippen LogP contribution in [0, 0.1) is 0 Å². The number of anilines is 1. The first-order valence-electron chi connectivity index (χ1n) is 10.1. The summed E-state index contributed by atoms with van der Waals surface area (Å²) in [7, 11) is 1.61. The second-order valence-corrected chi connectivity index (χ2v) is 7.38. The van der Waals surface area contributed by atoms with Crippen molar-refractivity contribution >= 4 is 17.4 Å². The lowest BCUT2D eigenvalue weighted by Gasteiger charge is -2.36. The smallest absolute Gasteiger partial charge is 0.247 e. The van der Waals surface area contributed by atoms with Crippen molar-refractivity contribution in [2.45, 2.75) is 13.3 Å². The molecule has 0 bridgehead atoms. The summed E-state index contributed by atoms with van der Waals surface area (Å²) in [6.07, 6.45) is 0.0798. The zero-order valence-corrected chi connectivity index (χ0v) is 17.6. The van der Waals surface area contributed by atoms with E-state index < -0.39 is 0 Å². The second-order valence-electron chi connectivity index (χ2n) is 7.38. The van der Waals surface area contributed by atoms with Crippen LogP contribution in [-0.4, -0.2) is 60.1 Å². The summed E-state index contributed by atoms with van der Waals surface area (Å²) >= 11 is 0. The fraction of sp³-hybridized carbons (Fsp3) is 0.304. The lowest BCUT2D eigenvalue weighted by molar-refractivity contribution is -0.131. The summed E-state index contributed by atoms with van der Waals surface area (Å²) in [6, 6.07) is 14.9. The second kappa shape index (κ2) is 8.99. The van der Waals surface area contributed by atoms with Crippen molar-refractivity contribution in [3.63, 3.8) is 0 Å². The van der Waals surface area contributed by atoms with Gasteiger partial charge in [0.25, 0.3) is 0 Å². The number of Topliss-reactive ketones (excluding diaryl/α,β-unsaturated/α-hetero) is 1. The topological polar surface area (TPSA) is 88.8 Å². The molecule has 0 unspecified atom stereocenters. The Bertz CT molecular complexity index is 1050. The van der Waals surface area contributed by atoms with Crippen LogP contribution in [0.3, 0.4) is 0 Å². The number of piperazine rings is 1. The minimum atomic E-state index is -0.0310. The molecule has 0 radical (unpaired) electrons. The van der Waals surface area contributed by atoms with Gasteiger partial charge in [0.2, 0.25) is 17.7 Å². The molecule has 8 nitrogen and oxygen atoms in total. The summed E-state index contributed by atoms with van der Waals surface area (Å²) in [6.45, 7) is 4.25. The van der Waals surface area contributed by atoms with Crippen molar-refractivity contribution in [1.82, 2.24) is 15.1 Å². The predicted octanol–water partition coefficient (Wildman–Crippen LogP) is 2.84. The predicted molar refractivity (Wildman–Crippen MR) is 115 cm³/mol. The van der Waals surface area contributed by atoms with Crippen molar-refractivity contribution in [2.24, 2.45) is 0 Å². The zero-order chi connectivity index (χ0) is 21.8. The molecule has 2 aromatic carbocycles. The lowest BCUT2D eigenvalue weighted by atomic mass is 10.1. The number of nitrogens with zero attached hydrogens (tertiary/aromatic N) is 4. The highest BCUT2D eigenvalue weighted by Gasteiger charge is 2.23. The Balaban J connectivity index is 1.32. The van der Waals surface area contributed by atoms with E-state index in [4.69, 9.17) is 9.15 Å². The van der Waals surface area contributed by atoms with E-state index in [-0.39, 0.29) is 18.1 Å². The number of hydrogen-bond donors (Lipinski definition) is 0. The minimum Gasteiger partial charge on any atom is -0.497 e. The van der Waals surface area contributed by atoms with E-state index in [0.29, 0.717) is 30.4 Å². The number of methoxy groups -OCH3 is 1. The van der Waals surface area contributed by atoms with Crippen LogP contribution in [0.2, 0.25) is 0 Å². The van der Waals surface area contributed by atoms with Crippen molar-refractivity contribution in [1.29, 1.82) is 0 Å². The Morgan fingerprint density at radius 3 is 2.26 bits per heavy atom. The highest BCUT2D eigenvalue weighted by atomic mass is 16.5. The number of carbonyl (C=O) groups is 2. The zero-order valence-electron chi connectivity index (χ0n) is 17.6. The van der Waals surface area contributed by atoms with Crippen LogP contribution < -0.4 is 9.64 Å². The highest BCUT2D eigenvalue weighted by Crippen LogP contribution is 2.22. The van der Waals surface area contributed by atoms with E-state index in [9.17, 15) is 9.59 Å². The van der Waals surface area contributed by atoms with Crippen LogP contribution in [0.1, 0.15) is 23.2 Å². The van der Waals surface area contributed by atoms with Gasteiger partial charge in [0, 0.05) is 43.0 Å². The van der Waals surface area contributed by atoms with Gasteiger partial charge >= 0.3 is 0 Å². The Labute approximate surface area is 180 Å². The first-order valence-corrected chi connectivity index (χ1v) is 10.1. The van der Waals surface area contributed by atoms with Crippen molar-refractivity contribution in [3.8, 4) is 17.2 Å². The molecule has 0 saturated carbocycles. The monoisotopic (exact) mass is 420 g/mol. The molecular formula is C23H24N4O4. The minimum absolute atomic E-state index is 0.0310. The van der Waals surface area contributed by atoms with E-state index in [1.165, 1.54) is 0 Å². The van der Waals surface area contributed by atoms with E-state index in [0.717, 1.165) is 30.1 Å². The molecule has 1 amide bonds. The lowest BCUT2D eigenvalue weighted by Crippen LogP contribution is -2.49. The molecule has 4 rings (SSSR count). The number of rotatable bonds is 6. The summed E-state index contributed by atoms with van der Waals surface area (Å²) in [4.78, 5) is 28.1. The number of benzene rings is 2. The molecule has 1 aliphatic rings. The molecule has 1 aromatic heterocycles. The van der Waals surface area contributed by atoms with E-state index in [2.05, 4.69) is 15.1 Å². The van der Waals surface area contributed by atoms with Gasteiger partial charge in [0.15, 0.2) is 5.78 Å². The van der Waals surface area contributed by atoms with Gasteiger partial charge in [-0.2, -0.15) is 0 Å². The van der Waals surface area contributed by atoms with Crippen LogP contribution >= 0.6 is 0 Å². The third-order valence-corrected chi connectivity index (χ3v) is 5.38. The van der Waals surface area contributed by atoms with Crippen LogP contribution in [0.4, 0.5) is 5.69 Å². The summed E-state index contributed by atoms with van der Waals surface area (Å²) in [5.74, 6) is 1.45. The Morgan fingerprint density at radius 2 is 1.65 bits per heavy atom. The van der Waals surface area contributed by atoms with E-state index in [1.807, 2.05) is 53.4 Å². The van der Waals surface area contributed by atoms with Gasteiger partial charge in [-0.05, 0) is 55.5 Å². The molecular weight excluding hydrogens is 396 g/mol. The highest BCUT2D eigenvalue weighted by molar-refractivity contribution is 5.94. The van der Waals surface area contributed by atoms with Gasteiger partial charge in [-0.3, -0.25) is 9.59 Å². The van der Waals surface area contributed by atoms with Crippen LogP contribution in [0.15, 0.2) is 52.9 Å². The molecule has 160 valence electrons. The standard InChI is InChI=1S/C23H24N4O4/c1-16(28)17-3-7-19(8-4-17)26-11-13-27(14-12-26)22(29)15-21-24-25-23(31-21)18-5-9-20(30-2)10-6-18/h3-10H,11-15H2,1-2H3. The van der Waals surface area contributed by atoms with Crippen molar-refractivity contribution in [2.75, 3.05) is 38.2 Å². The normalized spacial score (nSPS) is 13.9. The molecule has 0 aliphatic carbocycles. The fourth-order valence-electron chi connectivity index (χ4n) is 3.54. The molecule has 1 fully saturated rings. The van der Waals surface area contributed by atoms with Crippen LogP contribution in [0.25, 0.3) is 11.5 Å². The van der Waals surface area contributed by atoms with Gasteiger partial charge < -0.3 is 19.0 Å². The quantitative estimate of drug-likeness (QED) is 0.567. The molecule has 3 aromatic rings. The van der Waals surface area contributed by atoms with Crippen LogP contribution in [0.5, 0.6) is 5.75 Å². The van der Waals surface area contributed by atoms with Crippen molar-refractivity contribution in [3.05, 3.63) is 60.0 Å². The first kappa shape index (κ1) is 20.6. The molecule has 0 spiro atoms. The molecule has 8 heteroatoms. The molecule has 1 saturated heterocycles. The first-order chi connectivity index (χ1) is 15.0.